The van der Waals surface area contributed by atoms with E-state index in [9.17, 15) is 4.79 Å². The van der Waals surface area contributed by atoms with Gasteiger partial charge in [-0.2, -0.15) is 0 Å². The first kappa shape index (κ1) is 17.0. The Kier molecular flexibility index (Phi) is 4.89. The molecule has 6 nitrogen and oxygen atoms in total. The standard InChI is InChI=1S/C17H24N4O2S/c1-5-13(16-10(2)20-23-11(16)3)19-17(22)21-8-6-7-15(21)14-9-24-12(4)18-14/h9,13,15H,5-8H2,1-4H3,(H,19,22)/t13-,15-/m1/s1. The van der Waals surface area contributed by atoms with Crippen molar-refractivity contribution in [1.29, 1.82) is 0 Å². The quantitative estimate of drug-likeness (QED) is 0.904. The molecule has 2 atom stereocenters. The van der Waals surface area contributed by atoms with Crippen molar-refractivity contribution >= 4 is 17.4 Å². The molecular weight excluding hydrogens is 324 g/mol. The van der Waals surface area contributed by atoms with Gasteiger partial charge in [0.05, 0.1) is 28.5 Å². The lowest BCUT2D eigenvalue weighted by atomic mass is 10.0. The Morgan fingerprint density at radius 3 is 2.88 bits per heavy atom. The molecule has 3 heterocycles. The topological polar surface area (TPSA) is 71.3 Å². The van der Waals surface area contributed by atoms with Crippen LogP contribution < -0.4 is 5.32 Å². The van der Waals surface area contributed by atoms with Gasteiger partial charge in [0.15, 0.2) is 0 Å². The molecule has 2 aromatic heterocycles. The highest BCUT2D eigenvalue weighted by Crippen LogP contribution is 2.33. The Labute approximate surface area is 146 Å². The predicted molar refractivity (Wildman–Crippen MR) is 93.1 cm³/mol. The first-order valence-electron chi connectivity index (χ1n) is 8.43. The van der Waals surface area contributed by atoms with Crippen molar-refractivity contribution in [2.75, 3.05) is 6.54 Å². The van der Waals surface area contributed by atoms with E-state index in [-0.39, 0.29) is 18.1 Å². The molecule has 0 saturated carbocycles. The molecule has 0 spiro atoms. The third kappa shape index (κ3) is 3.17. The molecule has 0 aliphatic carbocycles. The molecule has 7 heteroatoms. The van der Waals surface area contributed by atoms with Crippen LogP contribution in [0.15, 0.2) is 9.90 Å². The number of rotatable bonds is 4. The maximum Gasteiger partial charge on any atom is 0.318 e. The van der Waals surface area contributed by atoms with Crippen molar-refractivity contribution in [3.05, 3.63) is 33.1 Å². The summed E-state index contributed by atoms with van der Waals surface area (Å²) in [6.07, 6.45) is 2.78. The number of aryl methyl sites for hydroxylation is 3. The molecule has 0 radical (unpaired) electrons. The van der Waals surface area contributed by atoms with E-state index in [1.165, 1.54) is 0 Å². The third-order valence-corrected chi connectivity index (χ3v) is 5.43. The fourth-order valence-electron chi connectivity index (χ4n) is 3.45. The summed E-state index contributed by atoms with van der Waals surface area (Å²) >= 11 is 1.64. The van der Waals surface area contributed by atoms with Crippen LogP contribution in [0.4, 0.5) is 4.79 Å². The molecule has 24 heavy (non-hydrogen) atoms. The summed E-state index contributed by atoms with van der Waals surface area (Å²) in [6, 6.07) is -0.0331. The van der Waals surface area contributed by atoms with E-state index in [0.29, 0.717) is 0 Å². The van der Waals surface area contributed by atoms with Crippen LogP contribution in [0.2, 0.25) is 0 Å². The number of nitrogens with zero attached hydrogens (tertiary/aromatic N) is 3. The summed E-state index contributed by atoms with van der Waals surface area (Å²) in [5.41, 5.74) is 2.84. The van der Waals surface area contributed by atoms with Crippen LogP contribution in [-0.2, 0) is 0 Å². The van der Waals surface area contributed by atoms with Gasteiger partial charge in [0.2, 0.25) is 0 Å². The van der Waals surface area contributed by atoms with Crippen LogP contribution in [0, 0.1) is 20.8 Å². The summed E-state index contributed by atoms with van der Waals surface area (Å²) in [6.45, 7) is 8.63. The molecule has 0 unspecified atom stereocenters. The highest BCUT2D eigenvalue weighted by molar-refractivity contribution is 7.09. The number of likely N-dealkylation sites (tertiary alicyclic amines) is 1. The average molecular weight is 348 g/mol. The Hall–Kier alpha value is -1.89. The first-order valence-corrected chi connectivity index (χ1v) is 9.31. The van der Waals surface area contributed by atoms with Crippen LogP contribution in [-0.4, -0.2) is 27.6 Å². The molecule has 1 aliphatic heterocycles. The summed E-state index contributed by atoms with van der Waals surface area (Å²) in [5, 5.41) is 10.3. The largest absolute Gasteiger partial charge is 0.361 e. The first-order chi connectivity index (χ1) is 11.5. The summed E-state index contributed by atoms with van der Waals surface area (Å²) in [7, 11) is 0. The van der Waals surface area contributed by atoms with E-state index in [4.69, 9.17) is 4.52 Å². The molecule has 2 amide bonds. The second kappa shape index (κ2) is 6.93. The second-order valence-corrected chi connectivity index (χ2v) is 7.35. The van der Waals surface area contributed by atoms with Gasteiger partial charge in [0.25, 0.3) is 0 Å². The second-order valence-electron chi connectivity index (χ2n) is 6.29. The minimum atomic E-state index is -0.0813. The number of nitrogens with one attached hydrogen (secondary N) is 1. The zero-order valence-corrected chi connectivity index (χ0v) is 15.4. The normalized spacial score (nSPS) is 18.8. The van der Waals surface area contributed by atoms with E-state index in [2.05, 4.69) is 27.8 Å². The lowest BCUT2D eigenvalue weighted by Crippen LogP contribution is -2.41. The van der Waals surface area contributed by atoms with Crippen molar-refractivity contribution in [2.45, 2.75) is 59.0 Å². The highest BCUT2D eigenvalue weighted by atomic mass is 32.1. The molecule has 130 valence electrons. The third-order valence-electron chi connectivity index (χ3n) is 4.63. The van der Waals surface area contributed by atoms with E-state index in [0.717, 1.165) is 53.5 Å². The molecule has 0 bridgehead atoms. The highest BCUT2D eigenvalue weighted by Gasteiger charge is 2.33. The minimum Gasteiger partial charge on any atom is -0.361 e. The van der Waals surface area contributed by atoms with Gasteiger partial charge in [-0.15, -0.1) is 11.3 Å². The molecule has 1 N–H and O–H groups in total. The van der Waals surface area contributed by atoms with Crippen molar-refractivity contribution in [3.8, 4) is 0 Å². The van der Waals surface area contributed by atoms with Gasteiger partial charge >= 0.3 is 6.03 Å². The van der Waals surface area contributed by atoms with Gasteiger partial charge in [-0.3, -0.25) is 0 Å². The molecule has 0 aromatic carbocycles. The lowest BCUT2D eigenvalue weighted by molar-refractivity contribution is 0.187. The number of hydrogen-bond donors (Lipinski definition) is 1. The van der Waals surface area contributed by atoms with Gasteiger partial charge < -0.3 is 14.7 Å². The number of hydrogen-bond acceptors (Lipinski definition) is 5. The molecule has 1 aliphatic rings. The number of carbonyl (C=O) groups is 1. The van der Waals surface area contributed by atoms with E-state index in [1.54, 1.807) is 11.3 Å². The fraction of sp³-hybridized carbons (Fsp3) is 0.588. The number of urea groups is 1. The van der Waals surface area contributed by atoms with E-state index >= 15 is 0 Å². The van der Waals surface area contributed by atoms with Crippen molar-refractivity contribution < 1.29 is 9.32 Å². The van der Waals surface area contributed by atoms with Crippen LogP contribution in [0.25, 0.3) is 0 Å². The van der Waals surface area contributed by atoms with Crippen LogP contribution in [0.3, 0.4) is 0 Å². The molecule has 1 saturated heterocycles. The number of carbonyl (C=O) groups excluding carboxylic acids is 1. The summed E-state index contributed by atoms with van der Waals surface area (Å²) in [5.74, 6) is 0.771. The smallest absolute Gasteiger partial charge is 0.318 e. The molecule has 3 rings (SSSR count). The van der Waals surface area contributed by atoms with Crippen LogP contribution in [0.1, 0.15) is 66.0 Å². The predicted octanol–water partition coefficient (Wildman–Crippen LogP) is 4.05. The maximum absolute atomic E-state index is 12.9. The summed E-state index contributed by atoms with van der Waals surface area (Å²) < 4.78 is 5.25. The van der Waals surface area contributed by atoms with Gasteiger partial charge in [-0.25, -0.2) is 9.78 Å². The molecule has 2 aromatic rings. The van der Waals surface area contributed by atoms with Gasteiger partial charge in [-0.05, 0) is 40.0 Å². The SMILES string of the molecule is CC[C@@H](NC(=O)N1CCC[C@@H]1c1csc(C)n1)c1c(C)noc1C. The fourth-order valence-corrected chi connectivity index (χ4v) is 4.11. The van der Waals surface area contributed by atoms with E-state index in [1.807, 2.05) is 25.7 Å². The van der Waals surface area contributed by atoms with Gasteiger partial charge in [0.1, 0.15) is 5.76 Å². The van der Waals surface area contributed by atoms with E-state index < -0.39 is 0 Å². The number of amides is 2. The van der Waals surface area contributed by atoms with Gasteiger partial charge in [-0.1, -0.05) is 12.1 Å². The van der Waals surface area contributed by atoms with Crippen LogP contribution in [0.5, 0.6) is 0 Å². The Balaban J connectivity index is 1.75. The van der Waals surface area contributed by atoms with Crippen LogP contribution >= 0.6 is 11.3 Å². The zero-order chi connectivity index (χ0) is 17.3. The number of aromatic nitrogens is 2. The zero-order valence-electron chi connectivity index (χ0n) is 14.6. The molecular formula is C17H24N4O2S. The Morgan fingerprint density at radius 2 is 2.29 bits per heavy atom. The van der Waals surface area contributed by atoms with Crippen molar-refractivity contribution in [1.82, 2.24) is 20.4 Å². The lowest BCUT2D eigenvalue weighted by Gasteiger charge is -2.27. The number of thiazole rings is 1. The van der Waals surface area contributed by atoms with Gasteiger partial charge in [0, 0.05) is 17.5 Å². The Morgan fingerprint density at radius 1 is 1.50 bits per heavy atom. The Bertz CT molecular complexity index is 704. The maximum atomic E-state index is 12.9. The minimum absolute atomic E-state index is 0.0324. The monoisotopic (exact) mass is 348 g/mol. The van der Waals surface area contributed by atoms with Crippen molar-refractivity contribution in [2.24, 2.45) is 0 Å². The molecule has 1 fully saturated rings. The summed E-state index contributed by atoms with van der Waals surface area (Å²) in [4.78, 5) is 19.3. The van der Waals surface area contributed by atoms with Crippen molar-refractivity contribution in [3.63, 3.8) is 0 Å². The average Bonchev–Trinajstić information content (AvgIpc) is 3.26.